The van der Waals surface area contributed by atoms with Gasteiger partial charge < -0.3 is 0 Å². The fraction of sp³-hybridized carbons (Fsp3) is 0.429. The van der Waals surface area contributed by atoms with Crippen LogP contribution in [0, 0.1) is 0 Å². The third-order valence-electron chi connectivity index (χ3n) is 1.39. The lowest BCUT2D eigenvalue weighted by atomic mass is 10.1. The van der Waals surface area contributed by atoms with E-state index in [1.165, 1.54) is 5.56 Å². The predicted molar refractivity (Wildman–Crippen MR) is 51.5 cm³/mol. The average Bonchev–Trinajstić information content (AvgIpc) is 2.34. The molecule has 0 saturated carbocycles. The molecule has 0 aliphatic carbocycles. The standard InChI is InChI=1S/C7H8BrClS/c1-5(3-8)6-2-7(9)10-4-6/h2,4-5H,3H2,1H3. The minimum atomic E-state index is 0.573. The van der Waals surface area contributed by atoms with Crippen LogP contribution < -0.4 is 0 Å². The molecule has 0 saturated heterocycles. The number of rotatable bonds is 2. The van der Waals surface area contributed by atoms with Crippen LogP contribution in [0.5, 0.6) is 0 Å². The molecule has 1 atom stereocenters. The second-order valence-corrected chi connectivity index (χ2v) is 4.43. The van der Waals surface area contributed by atoms with Crippen LogP contribution in [0.25, 0.3) is 0 Å². The summed E-state index contributed by atoms with van der Waals surface area (Å²) in [7, 11) is 0. The Kier molecular flexibility index (Phi) is 3.21. The van der Waals surface area contributed by atoms with Gasteiger partial charge in [-0.25, -0.2) is 0 Å². The van der Waals surface area contributed by atoms with E-state index in [2.05, 4.69) is 28.2 Å². The maximum absolute atomic E-state index is 5.76. The SMILES string of the molecule is CC(CBr)c1csc(Cl)c1. The molecule has 0 aromatic carbocycles. The lowest BCUT2D eigenvalue weighted by molar-refractivity contribution is 0.894. The van der Waals surface area contributed by atoms with E-state index in [0.29, 0.717) is 5.92 Å². The van der Waals surface area contributed by atoms with Gasteiger partial charge in [-0.15, -0.1) is 11.3 Å². The Morgan fingerprint density at radius 2 is 2.50 bits per heavy atom. The van der Waals surface area contributed by atoms with Gasteiger partial charge in [-0.3, -0.25) is 0 Å². The van der Waals surface area contributed by atoms with E-state index >= 15 is 0 Å². The van der Waals surface area contributed by atoms with Crippen LogP contribution in [0.4, 0.5) is 0 Å². The number of hydrogen-bond acceptors (Lipinski definition) is 1. The molecular formula is C7H8BrClS. The number of halogens is 2. The second-order valence-electron chi connectivity index (χ2n) is 2.24. The molecule has 1 aromatic heterocycles. The summed E-state index contributed by atoms with van der Waals surface area (Å²) in [5.74, 6) is 0.573. The number of hydrogen-bond donors (Lipinski definition) is 0. The number of thiophene rings is 1. The molecule has 0 fully saturated rings. The lowest BCUT2D eigenvalue weighted by Gasteiger charge is -2.01. The van der Waals surface area contributed by atoms with Crippen molar-refractivity contribution in [2.75, 3.05) is 5.33 Å². The van der Waals surface area contributed by atoms with Crippen molar-refractivity contribution in [3.8, 4) is 0 Å². The molecule has 0 aliphatic rings. The first-order valence-corrected chi connectivity index (χ1v) is 5.42. The zero-order valence-corrected chi connectivity index (χ0v) is 8.76. The maximum atomic E-state index is 5.76. The van der Waals surface area contributed by atoms with Crippen LogP contribution in [0.15, 0.2) is 11.4 Å². The van der Waals surface area contributed by atoms with E-state index < -0.39 is 0 Å². The number of alkyl halides is 1. The van der Waals surface area contributed by atoms with E-state index in [4.69, 9.17) is 11.6 Å². The Balaban J connectivity index is 2.74. The summed E-state index contributed by atoms with van der Waals surface area (Å²) in [6, 6.07) is 2.03. The molecule has 1 aromatic rings. The van der Waals surface area contributed by atoms with Crippen molar-refractivity contribution in [3.63, 3.8) is 0 Å². The molecule has 3 heteroatoms. The van der Waals surface area contributed by atoms with Gasteiger partial charge in [0.15, 0.2) is 0 Å². The van der Waals surface area contributed by atoms with Crippen molar-refractivity contribution in [2.24, 2.45) is 0 Å². The molecule has 0 bridgehead atoms. The minimum Gasteiger partial charge on any atom is -0.132 e. The van der Waals surface area contributed by atoms with E-state index in [1.54, 1.807) is 11.3 Å². The van der Waals surface area contributed by atoms with Gasteiger partial charge in [-0.05, 0) is 22.9 Å². The Bertz CT molecular complexity index is 209. The maximum Gasteiger partial charge on any atom is 0.0931 e. The highest BCUT2D eigenvalue weighted by atomic mass is 79.9. The monoisotopic (exact) mass is 238 g/mol. The average molecular weight is 240 g/mol. The van der Waals surface area contributed by atoms with Crippen LogP contribution >= 0.6 is 38.9 Å². The first-order valence-electron chi connectivity index (χ1n) is 3.04. The van der Waals surface area contributed by atoms with Crippen molar-refractivity contribution in [1.82, 2.24) is 0 Å². The van der Waals surface area contributed by atoms with Gasteiger partial charge >= 0.3 is 0 Å². The van der Waals surface area contributed by atoms with E-state index in [1.807, 2.05) is 6.07 Å². The quantitative estimate of drug-likeness (QED) is 0.687. The molecular weight excluding hydrogens is 232 g/mol. The molecule has 0 spiro atoms. The Hall–Kier alpha value is 0.470. The van der Waals surface area contributed by atoms with Gasteiger partial charge in [0.2, 0.25) is 0 Å². The Morgan fingerprint density at radius 3 is 2.90 bits per heavy atom. The highest BCUT2D eigenvalue weighted by Gasteiger charge is 2.04. The third kappa shape index (κ3) is 1.97. The summed E-state index contributed by atoms with van der Waals surface area (Å²) in [6.45, 7) is 2.17. The third-order valence-corrected chi connectivity index (χ3v) is 3.47. The van der Waals surface area contributed by atoms with Crippen LogP contribution in [0.1, 0.15) is 18.4 Å². The zero-order valence-electron chi connectivity index (χ0n) is 5.60. The molecule has 1 heterocycles. The van der Waals surface area contributed by atoms with Gasteiger partial charge in [0.25, 0.3) is 0 Å². The molecule has 0 N–H and O–H groups in total. The summed E-state index contributed by atoms with van der Waals surface area (Å²) in [5, 5.41) is 3.11. The zero-order chi connectivity index (χ0) is 7.56. The molecule has 0 aliphatic heterocycles. The fourth-order valence-corrected chi connectivity index (χ4v) is 2.06. The normalized spacial score (nSPS) is 13.5. The van der Waals surface area contributed by atoms with Crippen LogP contribution in [-0.4, -0.2) is 5.33 Å². The first-order chi connectivity index (χ1) is 4.74. The van der Waals surface area contributed by atoms with Crippen molar-refractivity contribution >= 4 is 38.9 Å². The van der Waals surface area contributed by atoms with E-state index in [-0.39, 0.29) is 0 Å². The minimum absolute atomic E-state index is 0.573. The van der Waals surface area contributed by atoms with Crippen molar-refractivity contribution in [1.29, 1.82) is 0 Å². The molecule has 10 heavy (non-hydrogen) atoms. The largest absolute Gasteiger partial charge is 0.132 e. The smallest absolute Gasteiger partial charge is 0.0931 e. The van der Waals surface area contributed by atoms with E-state index in [0.717, 1.165) is 9.67 Å². The summed E-state index contributed by atoms with van der Waals surface area (Å²) in [4.78, 5) is 0. The fourth-order valence-electron chi connectivity index (χ4n) is 0.671. The second kappa shape index (κ2) is 3.74. The van der Waals surface area contributed by atoms with Crippen molar-refractivity contribution < 1.29 is 0 Å². The lowest BCUT2D eigenvalue weighted by Crippen LogP contribution is -1.89. The van der Waals surface area contributed by atoms with E-state index in [9.17, 15) is 0 Å². The van der Waals surface area contributed by atoms with Gasteiger partial charge in [-0.1, -0.05) is 34.5 Å². The molecule has 0 nitrogen and oxygen atoms in total. The van der Waals surface area contributed by atoms with Crippen LogP contribution in [0.3, 0.4) is 0 Å². The van der Waals surface area contributed by atoms with Crippen LogP contribution in [0.2, 0.25) is 4.34 Å². The molecule has 1 unspecified atom stereocenters. The summed E-state index contributed by atoms with van der Waals surface area (Å²) in [6.07, 6.45) is 0. The van der Waals surface area contributed by atoms with Crippen LogP contribution in [-0.2, 0) is 0 Å². The Morgan fingerprint density at radius 1 is 1.80 bits per heavy atom. The summed E-state index contributed by atoms with van der Waals surface area (Å²) < 4.78 is 0.878. The topological polar surface area (TPSA) is 0 Å². The summed E-state index contributed by atoms with van der Waals surface area (Å²) >= 11 is 10.8. The molecule has 56 valence electrons. The highest BCUT2D eigenvalue weighted by Crippen LogP contribution is 2.26. The van der Waals surface area contributed by atoms with Crippen molar-refractivity contribution in [3.05, 3.63) is 21.3 Å². The first kappa shape index (κ1) is 8.57. The van der Waals surface area contributed by atoms with Crippen molar-refractivity contribution in [2.45, 2.75) is 12.8 Å². The van der Waals surface area contributed by atoms with Gasteiger partial charge in [0, 0.05) is 5.33 Å². The van der Waals surface area contributed by atoms with Gasteiger partial charge in [0.05, 0.1) is 4.34 Å². The summed E-state index contributed by atoms with van der Waals surface area (Å²) in [5.41, 5.74) is 1.33. The molecule has 0 radical (unpaired) electrons. The predicted octanol–water partition coefficient (Wildman–Crippen LogP) is 3.90. The highest BCUT2D eigenvalue weighted by molar-refractivity contribution is 9.09. The Labute approximate surface area is 78.3 Å². The van der Waals surface area contributed by atoms with Gasteiger partial charge in [-0.2, -0.15) is 0 Å². The van der Waals surface area contributed by atoms with Gasteiger partial charge in [0.1, 0.15) is 0 Å². The molecule has 1 rings (SSSR count). The molecule has 0 amide bonds.